The maximum Gasteiger partial charge on any atom is 0.325 e. The molecule has 0 aromatic heterocycles. The number of nitrogens with zero attached hydrogens (tertiary/aromatic N) is 1. The van der Waals surface area contributed by atoms with E-state index in [2.05, 4.69) is 10.6 Å². The molecular formula is C22H23N3O6. The molecule has 0 bridgehead atoms. The molecule has 162 valence electrons. The number of rotatable bonds is 8. The summed E-state index contributed by atoms with van der Waals surface area (Å²) < 4.78 is 15.8. The van der Waals surface area contributed by atoms with Crippen LogP contribution in [0.3, 0.4) is 0 Å². The Morgan fingerprint density at radius 2 is 2.00 bits per heavy atom. The number of benzene rings is 2. The zero-order valence-corrected chi connectivity index (χ0v) is 17.1. The molecule has 1 fully saturated rings. The molecule has 2 heterocycles. The van der Waals surface area contributed by atoms with E-state index in [4.69, 9.17) is 14.2 Å². The molecule has 2 aromatic rings. The van der Waals surface area contributed by atoms with Gasteiger partial charge in [0.2, 0.25) is 12.7 Å². The average Bonchev–Trinajstić information content (AvgIpc) is 3.35. The van der Waals surface area contributed by atoms with Crippen molar-refractivity contribution in [2.24, 2.45) is 0 Å². The zero-order valence-electron chi connectivity index (χ0n) is 17.1. The summed E-state index contributed by atoms with van der Waals surface area (Å²) in [5.74, 6) is 1.41. The van der Waals surface area contributed by atoms with Crippen molar-refractivity contribution in [2.75, 3.05) is 13.9 Å². The Bertz CT molecular complexity index is 1010. The van der Waals surface area contributed by atoms with Crippen LogP contribution in [0.4, 0.5) is 4.79 Å². The number of urea groups is 1. The second-order valence-corrected chi connectivity index (χ2v) is 7.28. The third-order valence-electron chi connectivity index (χ3n) is 5.17. The molecule has 2 aliphatic rings. The van der Waals surface area contributed by atoms with Crippen LogP contribution in [-0.2, 0) is 22.7 Å². The van der Waals surface area contributed by atoms with Gasteiger partial charge in [-0.15, -0.1) is 0 Å². The van der Waals surface area contributed by atoms with Crippen molar-refractivity contribution in [1.29, 1.82) is 0 Å². The highest BCUT2D eigenvalue weighted by Gasteiger charge is 2.38. The third kappa shape index (κ3) is 4.71. The maximum atomic E-state index is 12.7. The molecule has 4 amide bonds. The van der Waals surface area contributed by atoms with Crippen molar-refractivity contribution < 1.29 is 28.6 Å². The first-order valence-electron chi connectivity index (χ1n) is 9.93. The van der Waals surface area contributed by atoms with Gasteiger partial charge in [0, 0.05) is 13.0 Å². The Hall–Kier alpha value is -3.75. The fourth-order valence-corrected chi connectivity index (χ4v) is 3.49. The molecule has 9 heteroatoms. The Labute approximate surface area is 179 Å². The van der Waals surface area contributed by atoms with Crippen molar-refractivity contribution >= 4 is 17.8 Å². The number of methoxy groups -OCH3 is 1. The SMILES string of the molecule is COc1cccc(CNC(=O)CCC2NC(=O)N(Cc3ccc4c(c3)OCO4)C2=O)c1. The van der Waals surface area contributed by atoms with E-state index in [1.54, 1.807) is 25.3 Å². The van der Waals surface area contributed by atoms with Gasteiger partial charge in [0.1, 0.15) is 11.8 Å². The number of amides is 4. The fourth-order valence-electron chi connectivity index (χ4n) is 3.49. The van der Waals surface area contributed by atoms with E-state index in [0.29, 0.717) is 23.8 Å². The van der Waals surface area contributed by atoms with Gasteiger partial charge in [-0.2, -0.15) is 0 Å². The van der Waals surface area contributed by atoms with Gasteiger partial charge < -0.3 is 24.8 Å². The first kappa shape index (κ1) is 20.5. The van der Waals surface area contributed by atoms with E-state index in [1.165, 1.54) is 0 Å². The number of hydrogen-bond donors (Lipinski definition) is 2. The summed E-state index contributed by atoms with van der Waals surface area (Å²) in [6.07, 6.45) is 0.352. The van der Waals surface area contributed by atoms with E-state index in [-0.39, 0.29) is 38.0 Å². The maximum absolute atomic E-state index is 12.7. The first-order chi connectivity index (χ1) is 15.0. The van der Waals surface area contributed by atoms with Crippen molar-refractivity contribution in [3.05, 3.63) is 53.6 Å². The number of nitrogens with one attached hydrogen (secondary N) is 2. The predicted octanol–water partition coefficient (Wildman–Crippen LogP) is 1.94. The van der Waals surface area contributed by atoms with Crippen LogP contribution in [0.15, 0.2) is 42.5 Å². The molecule has 9 nitrogen and oxygen atoms in total. The van der Waals surface area contributed by atoms with E-state index in [0.717, 1.165) is 16.0 Å². The minimum Gasteiger partial charge on any atom is -0.497 e. The molecule has 0 radical (unpaired) electrons. The molecule has 1 saturated heterocycles. The number of carbonyl (C=O) groups is 3. The van der Waals surface area contributed by atoms with Crippen molar-refractivity contribution in [3.8, 4) is 17.2 Å². The van der Waals surface area contributed by atoms with Crippen molar-refractivity contribution in [1.82, 2.24) is 15.5 Å². The summed E-state index contributed by atoms with van der Waals surface area (Å²) in [7, 11) is 1.58. The Kier molecular flexibility index (Phi) is 5.92. The van der Waals surface area contributed by atoms with E-state index in [9.17, 15) is 14.4 Å². The van der Waals surface area contributed by atoms with Crippen LogP contribution in [0.1, 0.15) is 24.0 Å². The summed E-state index contributed by atoms with van der Waals surface area (Å²) in [5, 5.41) is 5.47. The summed E-state index contributed by atoms with van der Waals surface area (Å²) in [6.45, 7) is 0.640. The fraction of sp³-hybridized carbons (Fsp3) is 0.318. The second kappa shape index (κ2) is 8.95. The molecule has 1 atom stereocenters. The quantitative estimate of drug-likeness (QED) is 0.626. The van der Waals surface area contributed by atoms with Gasteiger partial charge in [-0.3, -0.25) is 14.5 Å². The summed E-state index contributed by atoms with van der Waals surface area (Å²) in [4.78, 5) is 38.3. The van der Waals surface area contributed by atoms with Gasteiger partial charge in [-0.05, 0) is 41.8 Å². The lowest BCUT2D eigenvalue weighted by Gasteiger charge is -2.13. The van der Waals surface area contributed by atoms with Crippen LogP contribution in [0.25, 0.3) is 0 Å². The smallest absolute Gasteiger partial charge is 0.325 e. The number of imide groups is 1. The summed E-state index contributed by atoms with van der Waals surface area (Å²) in [6, 6.07) is 11.5. The van der Waals surface area contributed by atoms with Crippen molar-refractivity contribution in [3.63, 3.8) is 0 Å². The van der Waals surface area contributed by atoms with Crippen LogP contribution in [0.2, 0.25) is 0 Å². The van der Waals surface area contributed by atoms with E-state index in [1.807, 2.05) is 24.3 Å². The standard InChI is InChI=1S/C22H23N3O6/c1-29-16-4-2-3-14(9-16)11-23-20(26)8-6-17-21(27)25(22(28)24-17)12-15-5-7-18-19(10-15)31-13-30-18/h2-5,7,9-10,17H,6,8,11-13H2,1H3,(H,23,26)(H,24,28). The second-order valence-electron chi connectivity index (χ2n) is 7.28. The van der Waals surface area contributed by atoms with Gasteiger partial charge in [-0.1, -0.05) is 18.2 Å². The number of fused-ring (bicyclic) bond motifs is 1. The molecule has 0 spiro atoms. The van der Waals surface area contributed by atoms with Gasteiger partial charge in [0.05, 0.1) is 13.7 Å². The number of hydrogen-bond acceptors (Lipinski definition) is 6. The monoisotopic (exact) mass is 425 g/mol. The minimum absolute atomic E-state index is 0.124. The van der Waals surface area contributed by atoms with Gasteiger partial charge in [-0.25, -0.2) is 4.79 Å². The topological polar surface area (TPSA) is 106 Å². The van der Waals surface area contributed by atoms with Crippen LogP contribution >= 0.6 is 0 Å². The first-order valence-corrected chi connectivity index (χ1v) is 9.93. The molecule has 2 N–H and O–H groups in total. The van der Waals surface area contributed by atoms with Gasteiger partial charge in [0.25, 0.3) is 5.91 Å². The molecule has 2 aliphatic heterocycles. The molecule has 0 aliphatic carbocycles. The van der Waals surface area contributed by atoms with Crippen LogP contribution in [0, 0.1) is 0 Å². The van der Waals surface area contributed by atoms with E-state index < -0.39 is 12.1 Å². The highest BCUT2D eigenvalue weighted by Crippen LogP contribution is 2.33. The van der Waals surface area contributed by atoms with Gasteiger partial charge >= 0.3 is 6.03 Å². The normalized spacial score (nSPS) is 16.9. The van der Waals surface area contributed by atoms with Gasteiger partial charge in [0.15, 0.2) is 11.5 Å². The lowest BCUT2D eigenvalue weighted by molar-refractivity contribution is -0.128. The molecule has 0 saturated carbocycles. The lowest BCUT2D eigenvalue weighted by Crippen LogP contribution is -2.32. The summed E-state index contributed by atoms with van der Waals surface area (Å²) >= 11 is 0. The zero-order chi connectivity index (χ0) is 21.8. The third-order valence-corrected chi connectivity index (χ3v) is 5.17. The van der Waals surface area contributed by atoms with Crippen LogP contribution < -0.4 is 24.8 Å². The lowest BCUT2D eigenvalue weighted by atomic mass is 10.1. The summed E-state index contributed by atoms with van der Waals surface area (Å²) in [5.41, 5.74) is 1.66. The minimum atomic E-state index is -0.718. The largest absolute Gasteiger partial charge is 0.497 e. The number of ether oxygens (including phenoxy) is 3. The highest BCUT2D eigenvalue weighted by atomic mass is 16.7. The number of carbonyl (C=O) groups excluding carboxylic acids is 3. The molecule has 31 heavy (non-hydrogen) atoms. The molecule has 2 aromatic carbocycles. The average molecular weight is 425 g/mol. The van der Waals surface area contributed by atoms with Crippen molar-refractivity contribution in [2.45, 2.75) is 32.0 Å². The Morgan fingerprint density at radius 1 is 1.16 bits per heavy atom. The van der Waals surface area contributed by atoms with Crippen LogP contribution in [-0.4, -0.2) is 42.7 Å². The Balaban J connectivity index is 1.27. The molecular weight excluding hydrogens is 402 g/mol. The molecule has 1 unspecified atom stereocenters. The molecule has 4 rings (SSSR count). The predicted molar refractivity (Wildman–Crippen MR) is 110 cm³/mol. The highest BCUT2D eigenvalue weighted by molar-refractivity contribution is 6.04. The van der Waals surface area contributed by atoms with Crippen LogP contribution in [0.5, 0.6) is 17.2 Å². The Morgan fingerprint density at radius 3 is 2.84 bits per heavy atom. The van der Waals surface area contributed by atoms with E-state index >= 15 is 0 Å².